The van der Waals surface area contributed by atoms with Crippen LogP contribution >= 0.6 is 11.3 Å². The average Bonchev–Trinajstić information content (AvgIpc) is 3.13. The summed E-state index contributed by atoms with van der Waals surface area (Å²) in [6.45, 7) is 1.76. The first-order valence-electron chi connectivity index (χ1n) is 9.16. The lowest BCUT2D eigenvalue weighted by atomic mass is 9.90. The molecule has 0 unspecified atom stereocenters. The van der Waals surface area contributed by atoms with Crippen LogP contribution in [0.2, 0.25) is 0 Å². The number of benzene rings is 1. The largest absolute Gasteiger partial charge is 0.484 e. The Bertz CT molecular complexity index is 850. The number of hydrogen-bond acceptors (Lipinski definition) is 5. The quantitative estimate of drug-likeness (QED) is 0.644. The van der Waals surface area contributed by atoms with Gasteiger partial charge in [-0.2, -0.15) is 0 Å². The zero-order chi connectivity index (χ0) is 19.9. The van der Waals surface area contributed by atoms with E-state index in [2.05, 4.69) is 23.1 Å². The number of thiophene rings is 1. The van der Waals surface area contributed by atoms with Gasteiger partial charge < -0.3 is 10.1 Å². The zero-order valence-electron chi connectivity index (χ0n) is 15.6. The number of amides is 3. The first-order chi connectivity index (χ1) is 13.5. The molecule has 2 aromatic rings. The van der Waals surface area contributed by atoms with Crippen molar-refractivity contribution >= 4 is 29.1 Å². The van der Waals surface area contributed by atoms with E-state index in [1.54, 1.807) is 24.3 Å². The van der Waals surface area contributed by atoms with Gasteiger partial charge in [-0.15, -0.1) is 11.3 Å². The van der Waals surface area contributed by atoms with Gasteiger partial charge in [0.25, 0.3) is 17.7 Å². The molecule has 0 bridgehead atoms. The van der Waals surface area contributed by atoms with Crippen molar-refractivity contribution in [2.45, 2.75) is 26.2 Å². The fraction of sp³-hybridized carbons (Fsp3) is 0.350. The Morgan fingerprint density at radius 1 is 1.14 bits per heavy atom. The third kappa shape index (κ3) is 5.56. The van der Waals surface area contributed by atoms with Crippen LogP contribution in [0.1, 0.15) is 33.5 Å². The molecule has 1 aromatic carbocycles. The van der Waals surface area contributed by atoms with Crippen molar-refractivity contribution in [2.24, 2.45) is 5.92 Å². The standard InChI is InChI=1S/C20H23N3O4S/c1-13-7-8-16-14(9-13)10-17(28-16)20(26)23-22-18(24)11-21-19(25)12-27-15-5-3-2-4-6-15/h2-6,10,13H,7-9,11-12H2,1H3,(H,21,25)(H,22,24)(H,23,26)/t13-/m1/s1. The third-order valence-electron chi connectivity index (χ3n) is 4.43. The predicted molar refractivity (Wildman–Crippen MR) is 106 cm³/mol. The second-order valence-electron chi connectivity index (χ2n) is 6.79. The fourth-order valence-electron chi connectivity index (χ4n) is 2.95. The average molecular weight is 401 g/mol. The Morgan fingerprint density at radius 2 is 1.93 bits per heavy atom. The minimum atomic E-state index is -0.517. The van der Waals surface area contributed by atoms with Crippen LogP contribution < -0.4 is 20.9 Å². The van der Waals surface area contributed by atoms with E-state index in [1.165, 1.54) is 21.8 Å². The molecule has 3 N–H and O–H groups in total. The van der Waals surface area contributed by atoms with E-state index in [9.17, 15) is 14.4 Å². The molecule has 1 aromatic heterocycles. The molecule has 0 saturated carbocycles. The summed E-state index contributed by atoms with van der Waals surface area (Å²) in [4.78, 5) is 37.6. The van der Waals surface area contributed by atoms with Gasteiger partial charge in [0, 0.05) is 4.88 Å². The van der Waals surface area contributed by atoms with Crippen molar-refractivity contribution in [3.63, 3.8) is 0 Å². The first-order valence-corrected chi connectivity index (χ1v) is 9.98. The van der Waals surface area contributed by atoms with Gasteiger partial charge >= 0.3 is 0 Å². The molecular formula is C20H23N3O4S. The number of para-hydroxylation sites is 1. The van der Waals surface area contributed by atoms with Crippen molar-refractivity contribution in [1.82, 2.24) is 16.2 Å². The van der Waals surface area contributed by atoms with Crippen LogP contribution in [-0.2, 0) is 22.4 Å². The summed E-state index contributed by atoms with van der Waals surface area (Å²) in [5.74, 6) is -0.0875. The molecule has 0 aliphatic heterocycles. The van der Waals surface area contributed by atoms with Gasteiger partial charge in [0.2, 0.25) is 0 Å². The van der Waals surface area contributed by atoms with Crippen molar-refractivity contribution < 1.29 is 19.1 Å². The second kappa shape index (κ2) is 9.36. The van der Waals surface area contributed by atoms with Crippen molar-refractivity contribution in [2.75, 3.05) is 13.2 Å². The van der Waals surface area contributed by atoms with E-state index in [0.717, 1.165) is 19.3 Å². The molecule has 8 heteroatoms. The Balaban J connectivity index is 1.37. The summed E-state index contributed by atoms with van der Waals surface area (Å²) in [5, 5.41) is 2.44. The second-order valence-corrected chi connectivity index (χ2v) is 7.92. The van der Waals surface area contributed by atoms with Crippen molar-refractivity contribution in [3.8, 4) is 5.75 Å². The minimum Gasteiger partial charge on any atom is -0.484 e. The molecule has 148 valence electrons. The molecule has 1 aliphatic carbocycles. The van der Waals surface area contributed by atoms with Gasteiger partial charge in [0.05, 0.1) is 11.4 Å². The molecule has 3 amide bonds. The highest BCUT2D eigenvalue weighted by atomic mass is 32.1. The number of hydrazine groups is 1. The van der Waals surface area contributed by atoms with E-state index in [4.69, 9.17) is 4.74 Å². The Hall–Kier alpha value is -2.87. The minimum absolute atomic E-state index is 0.192. The molecule has 3 rings (SSSR count). The third-order valence-corrected chi connectivity index (χ3v) is 5.66. The molecule has 1 heterocycles. The van der Waals surface area contributed by atoms with Gasteiger partial charge in [0.1, 0.15) is 5.75 Å². The zero-order valence-corrected chi connectivity index (χ0v) is 16.4. The van der Waals surface area contributed by atoms with Gasteiger partial charge in [-0.05, 0) is 48.9 Å². The molecule has 28 heavy (non-hydrogen) atoms. The number of nitrogens with one attached hydrogen (secondary N) is 3. The number of hydrogen-bond donors (Lipinski definition) is 3. The SMILES string of the molecule is C[C@@H]1CCc2sc(C(=O)NNC(=O)CNC(=O)COc3ccccc3)cc2C1. The maximum atomic E-state index is 12.2. The van der Waals surface area contributed by atoms with Crippen LogP contribution in [0.15, 0.2) is 36.4 Å². The molecule has 1 aliphatic rings. The molecule has 0 saturated heterocycles. The Kier molecular flexibility index (Phi) is 6.65. The smallest absolute Gasteiger partial charge is 0.279 e. The van der Waals surface area contributed by atoms with Gasteiger partial charge in [0.15, 0.2) is 6.61 Å². The molecule has 0 radical (unpaired) electrons. The van der Waals surface area contributed by atoms with E-state index in [1.807, 2.05) is 12.1 Å². The molecule has 0 fully saturated rings. The van der Waals surface area contributed by atoms with Crippen LogP contribution in [0, 0.1) is 5.92 Å². The summed E-state index contributed by atoms with van der Waals surface area (Å²) >= 11 is 1.47. The number of aryl methyl sites for hydroxylation is 1. The highest BCUT2D eigenvalue weighted by Crippen LogP contribution is 2.32. The van der Waals surface area contributed by atoms with Gasteiger partial charge in [-0.25, -0.2) is 0 Å². The summed E-state index contributed by atoms with van der Waals surface area (Å²) < 4.78 is 5.29. The van der Waals surface area contributed by atoms with Gasteiger partial charge in [-0.1, -0.05) is 25.1 Å². The van der Waals surface area contributed by atoms with E-state index < -0.39 is 11.8 Å². The van der Waals surface area contributed by atoms with E-state index >= 15 is 0 Å². The van der Waals surface area contributed by atoms with Crippen LogP contribution in [-0.4, -0.2) is 30.9 Å². The predicted octanol–water partition coefficient (Wildman–Crippen LogP) is 1.83. The molecule has 1 atom stereocenters. The van der Waals surface area contributed by atoms with Crippen LogP contribution in [0.25, 0.3) is 0 Å². The van der Waals surface area contributed by atoms with Crippen molar-refractivity contribution in [1.29, 1.82) is 0 Å². The topological polar surface area (TPSA) is 96.5 Å². The number of fused-ring (bicyclic) bond motifs is 1. The monoisotopic (exact) mass is 401 g/mol. The molecule has 7 nitrogen and oxygen atoms in total. The fourth-order valence-corrected chi connectivity index (χ4v) is 4.05. The summed E-state index contributed by atoms with van der Waals surface area (Å²) in [7, 11) is 0. The lowest BCUT2D eigenvalue weighted by Gasteiger charge is -2.16. The summed E-state index contributed by atoms with van der Waals surface area (Å²) in [6, 6.07) is 10.8. The lowest BCUT2D eigenvalue weighted by Crippen LogP contribution is -2.46. The van der Waals surface area contributed by atoms with Crippen LogP contribution in [0.5, 0.6) is 5.75 Å². The number of ether oxygens (including phenoxy) is 1. The maximum absolute atomic E-state index is 12.2. The molecular weight excluding hydrogens is 378 g/mol. The van der Waals surface area contributed by atoms with Crippen LogP contribution in [0.3, 0.4) is 0 Å². The Labute approximate surface area is 167 Å². The van der Waals surface area contributed by atoms with Crippen molar-refractivity contribution in [3.05, 3.63) is 51.7 Å². The number of carbonyl (C=O) groups excluding carboxylic acids is 3. The first kappa shape index (κ1) is 19.9. The number of carbonyl (C=O) groups is 3. The summed E-state index contributed by atoms with van der Waals surface area (Å²) in [6.07, 6.45) is 3.12. The molecule has 0 spiro atoms. The van der Waals surface area contributed by atoms with Gasteiger partial charge in [-0.3, -0.25) is 25.2 Å². The normalized spacial score (nSPS) is 15.2. The van der Waals surface area contributed by atoms with Crippen LogP contribution in [0.4, 0.5) is 0 Å². The maximum Gasteiger partial charge on any atom is 0.279 e. The highest BCUT2D eigenvalue weighted by Gasteiger charge is 2.20. The summed E-state index contributed by atoms with van der Waals surface area (Å²) in [5.41, 5.74) is 5.93. The Morgan fingerprint density at radius 3 is 2.71 bits per heavy atom. The van der Waals surface area contributed by atoms with E-state index in [0.29, 0.717) is 16.5 Å². The number of rotatable bonds is 6. The van der Waals surface area contributed by atoms with E-state index in [-0.39, 0.29) is 19.1 Å². The lowest BCUT2D eigenvalue weighted by molar-refractivity contribution is -0.127. The highest BCUT2D eigenvalue weighted by molar-refractivity contribution is 7.14.